The van der Waals surface area contributed by atoms with Gasteiger partial charge in [-0.15, -0.1) is 18.3 Å². The normalized spacial score (nSPS) is 11.5. The summed E-state index contributed by atoms with van der Waals surface area (Å²) in [5.41, 5.74) is 1.16. The van der Waals surface area contributed by atoms with Crippen LogP contribution in [0.3, 0.4) is 0 Å². The summed E-state index contributed by atoms with van der Waals surface area (Å²) in [6.45, 7) is 1.19. The van der Waals surface area contributed by atoms with Crippen molar-refractivity contribution in [1.82, 2.24) is 20.0 Å². The third-order valence-corrected chi connectivity index (χ3v) is 4.99. The molecule has 10 nitrogen and oxygen atoms in total. The van der Waals surface area contributed by atoms with Gasteiger partial charge in [0.1, 0.15) is 11.5 Å². The second-order valence-electron chi connectivity index (χ2n) is 7.76. The van der Waals surface area contributed by atoms with Crippen molar-refractivity contribution in [3.63, 3.8) is 0 Å². The Morgan fingerprint density at radius 2 is 1.82 bits per heavy atom. The number of nitrogens with zero attached hydrogens (tertiary/aromatic N) is 5. The van der Waals surface area contributed by atoms with E-state index < -0.39 is 12.5 Å². The number of benzene rings is 2. The number of hydrogen-bond acceptors (Lipinski definition) is 8. The van der Waals surface area contributed by atoms with E-state index in [9.17, 15) is 18.0 Å². The molecule has 4 aromatic rings. The minimum atomic E-state index is -4.75. The first kappa shape index (κ1) is 26.3. The van der Waals surface area contributed by atoms with Gasteiger partial charge in [-0.05, 0) is 48.0 Å². The molecule has 0 aliphatic carbocycles. The molecule has 4 rings (SSSR count). The molecule has 2 heterocycles. The summed E-state index contributed by atoms with van der Waals surface area (Å²) in [5, 5.41) is 7.63. The van der Waals surface area contributed by atoms with Crippen LogP contribution in [0, 0.1) is 0 Å². The summed E-state index contributed by atoms with van der Waals surface area (Å²) in [7, 11) is 1.55. The van der Waals surface area contributed by atoms with E-state index in [-0.39, 0.29) is 17.5 Å². The van der Waals surface area contributed by atoms with Crippen molar-refractivity contribution in [3.05, 3.63) is 78.6 Å². The van der Waals surface area contributed by atoms with E-state index in [1.165, 1.54) is 41.5 Å². The minimum absolute atomic E-state index is 0.0530. The molecule has 0 atom stereocenters. The van der Waals surface area contributed by atoms with Crippen LogP contribution in [0.4, 0.5) is 23.7 Å². The number of hydrogen-bond donors (Lipinski definition) is 0. The van der Waals surface area contributed by atoms with Gasteiger partial charge in [0.05, 0.1) is 12.8 Å². The molecule has 0 spiro atoms. The molecule has 0 bridgehead atoms. The Bertz CT molecular complexity index is 1340. The van der Waals surface area contributed by atoms with Gasteiger partial charge in [0.25, 0.3) is 5.88 Å². The van der Waals surface area contributed by atoms with Gasteiger partial charge in [-0.3, -0.25) is 9.58 Å². The molecular formula is C25H22F3N5O5. The molecule has 0 saturated carbocycles. The Hall–Kier alpha value is -4.81. The second kappa shape index (κ2) is 12.0. The van der Waals surface area contributed by atoms with Crippen molar-refractivity contribution in [1.29, 1.82) is 0 Å². The van der Waals surface area contributed by atoms with Crippen LogP contribution in [0.1, 0.15) is 17.9 Å². The lowest BCUT2D eigenvalue weighted by Gasteiger charge is -2.16. The number of carbonyl (C=O) groups excluding carboxylic acids is 1. The van der Waals surface area contributed by atoms with Gasteiger partial charge in [0.15, 0.2) is 6.26 Å². The average molecular weight is 529 g/mol. The van der Waals surface area contributed by atoms with Gasteiger partial charge >= 0.3 is 12.5 Å². The third-order valence-electron chi connectivity index (χ3n) is 4.99. The molecule has 0 saturated heterocycles. The first-order valence-electron chi connectivity index (χ1n) is 11.3. The van der Waals surface area contributed by atoms with Crippen molar-refractivity contribution < 1.29 is 36.6 Å². The van der Waals surface area contributed by atoms with Gasteiger partial charge in [-0.1, -0.05) is 17.3 Å². The zero-order valence-electron chi connectivity index (χ0n) is 20.0. The fourth-order valence-corrected chi connectivity index (χ4v) is 3.14. The summed E-state index contributed by atoms with van der Waals surface area (Å²) in [5.74, 6) is 0.411. The lowest BCUT2D eigenvalue weighted by molar-refractivity contribution is -0.274. The molecule has 13 heteroatoms. The van der Waals surface area contributed by atoms with Gasteiger partial charge in [0, 0.05) is 38.0 Å². The monoisotopic (exact) mass is 529 g/mol. The highest BCUT2D eigenvalue weighted by atomic mass is 19.4. The number of aromatic nitrogens is 4. The maximum absolute atomic E-state index is 12.5. The van der Waals surface area contributed by atoms with Crippen LogP contribution < -0.4 is 19.1 Å². The predicted molar refractivity (Wildman–Crippen MR) is 130 cm³/mol. The topological polar surface area (TPSA) is 105 Å². The Labute approximate surface area is 214 Å². The second-order valence-corrected chi connectivity index (χ2v) is 7.76. The summed E-state index contributed by atoms with van der Waals surface area (Å²) < 4.78 is 58.5. The molecule has 0 aliphatic rings. The highest BCUT2D eigenvalue weighted by Gasteiger charge is 2.30. The number of ether oxygens (including phenoxy) is 3. The Kier molecular flexibility index (Phi) is 8.26. The number of carbonyl (C=O) groups is 1. The molecule has 0 radical (unpaired) electrons. The van der Waals surface area contributed by atoms with E-state index in [4.69, 9.17) is 13.9 Å². The number of oxazole rings is 1. The Balaban J connectivity index is 1.24. The molecule has 1 amide bonds. The van der Waals surface area contributed by atoms with Crippen LogP contribution in [0.2, 0.25) is 0 Å². The molecule has 2 aromatic heterocycles. The average Bonchev–Trinajstić information content (AvgIpc) is 3.57. The first-order valence-corrected chi connectivity index (χ1v) is 11.3. The largest absolute Gasteiger partial charge is 0.573 e. The highest BCUT2D eigenvalue weighted by molar-refractivity contribution is 5.88. The molecule has 2 aromatic carbocycles. The van der Waals surface area contributed by atoms with Crippen LogP contribution in [-0.2, 0) is 6.54 Å². The van der Waals surface area contributed by atoms with Gasteiger partial charge in [0.2, 0.25) is 5.89 Å². The Morgan fingerprint density at radius 3 is 2.50 bits per heavy atom. The Morgan fingerprint density at radius 1 is 1.08 bits per heavy atom. The maximum atomic E-state index is 12.5. The van der Waals surface area contributed by atoms with Crippen molar-refractivity contribution in [2.45, 2.75) is 19.3 Å². The van der Waals surface area contributed by atoms with E-state index in [1.807, 2.05) is 0 Å². The molecule has 0 fully saturated rings. The lowest BCUT2D eigenvalue weighted by Crippen LogP contribution is -2.29. The smallest absolute Gasteiger partial charge is 0.494 e. The van der Waals surface area contributed by atoms with E-state index in [0.717, 1.165) is 6.42 Å². The number of alkyl halides is 3. The van der Waals surface area contributed by atoms with E-state index in [1.54, 1.807) is 54.5 Å². The molecule has 0 unspecified atom stereocenters. The molecule has 38 heavy (non-hydrogen) atoms. The van der Waals surface area contributed by atoms with Gasteiger partial charge in [-0.25, -0.2) is 4.79 Å². The molecule has 198 valence electrons. The molecular weight excluding hydrogens is 507 g/mol. The quantitative estimate of drug-likeness (QED) is 0.250. The van der Waals surface area contributed by atoms with Crippen LogP contribution in [-0.4, -0.2) is 46.1 Å². The van der Waals surface area contributed by atoms with Crippen molar-refractivity contribution in [2.75, 3.05) is 18.6 Å². The summed E-state index contributed by atoms with van der Waals surface area (Å²) in [4.78, 5) is 17.9. The fraction of sp³-hybridized carbons (Fsp3) is 0.200. The van der Waals surface area contributed by atoms with Gasteiger partial charge < -0.3 is 18.6 Å². The highest BCUT2D eigenvalue weighted by Crippen LogP contribution is 2.24. The van der Waals surface area contributed by atoms with Crippen molar-refractivity contribution >= 4 is 23.9 Å². The van der Waals surface area contributed by atoms with E-state index >= 15 is 0 Å². The number of rotatable bonds is 10. The molecule has 0 aliphatic heterocycles. The number of aryl methyl sites for hydroxylation is 1. The number of anilines is 1. The zero-order chi connectivity index (χ0) is 27.0. The molecule has 0 N–H and O–H groups in total. The van der Waals surface area contributed by atoms with Crippen LogP contribution in [0.5, 0.6) is 17.4 Å². The lowest BCUT2D eigenvalue weighted by atomic mass is 10.2. The standard InChI is InChI=1S/C25H22F3N5O5/c1-32(19-6-10-20(11-7-19)35-16-2-14-33-15-13-29-31-33)24(34)37-23-17-36-22(30-23)12-5-18-3-8-21(9-4-18)38-25(26,27)28/h3-13,15,17H,2,14,16H2,1H3. The van der Waals surface area contributed by atoms with Crippen LogP contribution >= 0.6 is 0 Å². The predicted octanol–water partition coefficient (Wildman–Crippen LogP) is 5.44. The van der Waals surface area contributed by atoms with E-state index in [0.29, 0.717) is 30.2 Å². The van der Waals surface area contributed by atoms with Crippen molar-refractivity contribution in [2.24, 2.45) is 0 Å². The van der Waals surface area contributed by atoms with E-state index in [2.05, 4.69) is 20.0 Å². The summed E-state index contributed by atoms with van der Waals surface area (Å²) in [6.07, 6.45) is 2.93. The summed E-state index contributed by atoms with van der Waals surface area (Å²) >= 11 is 0. The van der Waals surface area contributed by atoms with Crippen LogP contribution in [0.15, 0.2) is 71.6 Å². The third kappa shape index (κ3) is 7.85. The SMILES string of the molecule is CN(C(=O)Oc1coc(C=Cc2ccc(OC(F)(F)F)cc2)n1)c1ccc(OCCCn2ccnn2)cc1. The number of amides is 1. The van der Waals surface area contributed by atoms with Gasteiger partial charge in [-0.2, -0.15) is 4.98 Å². The van der Waals surface area contributed by atoms with Crippen molar-refractivity contribution in [3.8, 4) is 17.4 Å². The summed E-state index contributed by atoms with van der Waals surface area (Å²) in [6, 6.07) is 12.2. The first-order chi connectivity index (χ1) is 18.2. The maximum Gasteiger partial charge on any atom is 0.573 e. The number of halogens is 3. The minimum Gasteiger partial charge on any atom is -0.494 e. The zero-order valence-corrected chi connectivity index (χ0v) is 20.0. The van der Waals surface area contributed by atoms with Crippen LogP contribution in [0.25, 0.3) is 12.2 Å². The fourth-order valence-electron chi connectivity index (χ4n) is 3.14.